The molecular weight excluding hydrogens is 372 g/mol. The zero-order chi connectivity index (χ0) is 19.7. The van der Waals surface area contributed by atoms with E-state index in [2.05, 4.69) is 4.98 Å². The number of hydrogen-bond acceptors (Lipinski definition) is 4. The van der Waals surface area contributed by atoms with Crippen LogP contribution in [0.2, 0.25) is 0 Å². The number of halogens is 2. The van der Waals surface area contributed by atoms with E-state index < -0.39 is 21.9 Å². The topological polar surface area (TPSA) is 74.1 Å². The Morgan fingerprint density at radius 1 is 1.15 bits per heavy atom. The molecule has 0 spiro atoms. The quantitative estimate of drug-likeness (QED) is 0.797. The summed E-state index contributed by atoms with van der Waals surface area (Å²) < 4.78 is 53.8. The summed E-state index contributed by atoms with van der Waals surface area (Å²) in [6.07, 6.45) is 0.246. The third-order valence-corrected chi connectivity index (χ3v) is 6.61. The van der Waals surface area contributed by atoms with Crippen molar-refractivity contribution in [1.82, 2.24) is 9.29 Å². The zero-order valence-corrected chi connectivity index (χ0v) is 15.6. The first-order valence-electron chi connectivity index (χ1n) is 8.57. The molecule has 0 radical (unpaired) electrons. The zero-order valence-electron chi connectivity index (χ0n) is 14.8. The number of nitrogens with zero attached hydrogens (tertiary/aromatic N) is 3. The molecule has 1 saturated heterocycles. The molecule has 0 saturated carbocycles. The van der Waals surface area contributed by atoms with Crippen molar-refractivity contribution in [1.29, 1.82) is 5.26 Å². The molecule has 0 N–H and O–H groups in total. The van der Waals surface area contributed by atoms with Crippen molar-refractivity contribution in [2.24, 2.45) is 5.92 Å². The number of aromatic nitrogens is 1. The Balaban J connectivity index is 1.82. The van der Waals surface area contributed by atoms with Gasteiger partial charge in [-0.25, -0.2) is 22.2 Å². The molecular formula is C19H19F2N3O2S. The lowest BCUT2D eigenvalue weighted by atomic mass is 9.92. The Hall–Kier alpha value is -2.37. The fourth-order valence-electron chi connectivity index (χ4n) is 3.17. The summed E-state index contributed by atoms with van der Waals surface area (Å²) in [6, 6.07) is 13.4. The summed E-state index contributed by atoms with van der Waals surface area (Å²) in [5.41, 5.74) is 1.66. The molecule has 0 unspecified atom stereocenters. The number of sulfonamides is 1. The lowest BCUT2D eigenvalue weighted by molar-refractivity contribution is -0.0559. The standard InChI is InChI=1S/C19H19F2N3O2S/c1-19(20,21)16-9-11-24(12-10-16)27(25,26)18-4-2-3-17(23-18)15-7-5-14(13-22)6-8-15/h2-8,16H,9-12H2,1H3. The average Bonchev–Trinajstić information content (AvgIpc) is 2.67. The Morgan fingerprint density at radius 2 is 1.78 bits per heavy atom. The summed E-state index contributed by atoms with van der Waals surface area (Å²) in [6.45, 7) is 0.989. The molecule has 8 heteroatoms. The maximum absolute atomic E-state index is 13.4. The molecule has 1 aliphatic rings. The van der Waals surface area contributed by atoms with E-state index in [9.17, 15) is 17.2 Å². The van der Waals surface area contributed by atoms with Crippen molar-refractivity contribution in [3.05, 3.63) is 48.0 Å². The number of alkyl halides is 2. The Kier molecular flexibility index (Phi) is 5.27. The minimum absolute atomic E-state index is 0.0548. The fraction of sp³-hybridized carbons (Fsp3) is 0.368. The predicted octanol–water partition coefficient (Wildman–Crippen LogP) is 3.68. The number of piperidine rings is 1. The molecule has 27 heavy (non-hydrogen) atoms. The van der Waals surface area contributed by atoms with Gasteiger partial charge in [0.1, 0.15) is 0 Å². The molecule has 0 bridgehead atoms. The van der Waals surface area contributed by atoms with Gasteiger partial charge in [-0.2, -0.15) is 9.57 Å². The number of pyridine rings is 1. The molecule has 0 amide bonds. The Labute approximate surface area is 157 Å². The minimum atomic E-state index is -3.85. The first kappa shape index (κ1) is 19.4. The molecule has 1 aromatic heterocycles. The van der Waals surface area contributed by atoms with E-state index in [4.69, 9.17) is 5.26 Å². The van der Waals surface area contributed by atoms with Crippen LogP contribution in [0.25, 0.3) is 11.3 Å². The van der Waals surface area contributed by atoms with Gasteiger partial charge in [0.25, 0.3) is 10.0 Å². The van der Waals surface area contributed by atoms with E-state index in [0.29, 0.717) is 16.8 Å². The summed E-state index contributed by atoms with van der Waals surface area (Å²) in [5, 5.41) is 8.76. The highest BCUT2D eigenvalue weighted by molar-refractivity contribution is 7.89. The number of hydrogen-bond donors (Lipinski definition) is 0. The fourth-order valence-corrected chi connectivity index (χ4v) is 4.59. The predicted molar refractivity (Wildman–Crippen MR) is 96.5 cm³/mol. The lowest BCUT2D eigenvalue weighted by Crippen LogP contribution is -2.42. The van der Waals surface area contributed by atoms with E-state index in [-0.39, 0.29) is 31.0 Å². The van der Waals surface area contributed by atoms with E-state index in [0.717, 1.165) is 6.92 Å². The largest absolute Gasteiger partial charge is 0.260 e. The van der Waals surface area contributed by atoms with Crippen molar-refractivity contribution in [3.63, 3.8) is 0 Å². The van der Waals surface area contributed by atoms with Gasteiger partial charge >= 0.3 is 0 Å². The van der Waals surface area contributed by atoms with E-state index >= 15 is 0 Å². The molecule has 1 fully saturated rings. The van der Waals surface area contributed by atoms with E-state index in [1.807, 2.05) is 6.07 Å². The second-order valence-corrected chi connectivity index (χ2v) is 8.57. The number of rotatable bonds is 4. The van der Waals surface area contributed by atoms with Gasteiger partial charge in [-0.1, -0.05) is 18.2 Å². The Bertz CT molecular complexity index is 956. The van der Waals surface area contributed by atoms with Crippen LogP contribution in [0, 0.1) is 17.2 Å². The summed E-state index contributed by atoms with van der Waals surface area (Å²) in [4.78, 5) is 4.25. The molecule has 142 valence electrons. The van der Waals surface area contributed by atoms with Crippen LogP contribution < -0.4 is 0 Å². The van der Waals surface area contributed by atoms with Gasteiger partial charge in [0.2, 0.25) is 5.92 Å². The first-order valence-corrected chi connectivity index (χ1v) is 10.0. The molecule has 3 rings (SSSR count). The minimum Gasteiger partial charge on any atom is -0.235 e. The molecule has 2 aromatic rings. The van der Waals surface area contributed by atoms with Crippen LogP contribution in [0.4, 0.5) is 8.78 Å². The van der Waals surface area contributed by atoms with Crippen molar-refractivity contribution >= 4 is 10.0 Å². The second-order valence-electron chi connectivity index (χ2n) is 6.68. The monoisotopic (exact) mass is 391 g/mol. The normalized spacial score (nSPS) is 16.8. The highest BCUT2D eigenvalue weighted by Gasteiger charge is 2.39. The lowest BCUT2D eigenvalue weighted by Gasteiger charge is -2.33. The van der Waals surface area contributed by atoms with Gasteiger partial charge < -0.3 is 0 Å². The van der Waals surface area contributed by atoms with E-state index in [1.54, 1.807) is 36.4 Å². The van der Waals surface area contributed by atoms with Gasteiger partial charge in [-0.3, -0.25) is 0 Å². The first-order chi connectivity index (χ1) is 12.7. The van der Waals surface area contributed by atoms with Gasteiger partial charge in [0.05, 0.1) is 17.3 Å². The van der Waals surface area contributed by atoms with Crippen LogP contribution in [-0.4, -0.2) is 36.7 Å². The van der Waals surface area contributed by atoms with Crippen molar-refractivity contribution < 1.29 is 17.2 Å². The molecule has 5 nitrogen and oxygen atoms in total. The van der Waals surface area contributed by atoms with Crippen LogP contribution in [0.15, 0.2) is 47.5 Å². The second kappa shape index (κ2) is 7.33. The maximum Gasteiger partial charge on any atom is 0.260 e. The third kappa shape index (κ3) is 4.15. The summed E-state index contributed by atoms with van der Waals surface area (Å²) >= 11 is 0. The van der Waals surface area contributed by atoms with Crippen molar-refractivity contribution in [2.45, 2.75) is 30.7 Å². The number of nitriles is 1. The van der Waals surface area contributed by atoms with E-state index in [1.165, 1.54) is 10.4 Å². The average molecular weight is 391 g/mol. The van der Waals surface area contributed by atoms with Gasteiger partial charge in [-0.15, -0.1) is 0 Å². The highest BCUT2D eigenvalue weighted by Crippen LogP contribution is 2.34. The van der Waals surface area contributed by atoms with Crippen LogP contribution in [0.3, 0.4) is 0 Å². The molecule has 0 aliphatic carbocycles. The smallest absolute Gasteiger partial charge is 0.235 e. The molecule has 1 aliphatic heterocycles. The van der Waals surface area contributed by atoms with Crippen LogP contribution >= 0.6 is 0 Å². The summed E-state index contributed by atoms with van der Waals surface area (Å²) in [5.74, 6) is -3.61. The van der Waals surface area contributed by atoms with Gasteiger partial charge in [-0.05, 0) is 44.0 Å². The van der Waals surface area contributed by atoms with Crippen LogP contribution in [0.1, 0.15) is 25.3 Å². The Morgan fingerprint density at radius 3 is 2.33 bits per heavy atom. The van der Waals surface area contributed by atoms with Gasteiger partial charge in [0, 0.05) is 24.6 Å². The number of benzene rings is 1. The van der Waals surface area contributed by atoms with Gasteiger partial charge in [0.15, 0.2) is 5.03 Å². The SMILES string of the molecule is CC(F)(F)C1CCN(S(=O)(=O)c2cccc(-c3ccc(C#N)cc3)n2)CC1. The highest BCUT2D eigenvalue weighted by atomic mass is 32.2. The van der Waals surface area contributed by atoms with Crippen LogP contribution in [-0.2, 0) is 10.0 Å². The molecule has 0 atom stereocenters. The van der Waals surface area contributed by atoms with Crippen molar-refractivity contribution in [3.8, 4) is 17.3 Å². The molecule has 2 heterocycles. The third-order valence-electron chi connectivity index (χ3n) is 4.81. The molecule has 1 aromatic carbocycles. The van der Waals surface area contributed by atoms with Crippen LogP contribution in [0.5, 0.6) is 0 Å². The van der Waals surface area contributed by atoms with Crippen molar-refractivity contribution in [2.75, 3.05) is 13.1 Å². The summed E-state index contributed by atoms with van der Waals surface area (Å²) in [7, 11) is -3.85. The maximum atomic E-state index is 13.4.